The molecular weight excluding hydrogens is 368 g/mol. The molecule has 0 spiro atoms. The van der Waals surface area contributed by atoms with Crippen molar-refractivity contribution in [3.05, 3.63) is 23.3 Å². The molecule has 1 aliphatic heterocycles. The Balaban J connectivity index is 2.04. The monoisotopic (exact) mass is 398 g/mol. The summed E-state index contributed by atoms with van der Waals surface area (Å²) in [4.78, 5) is 14.4. The van der Waals surface area contributed by atoms with E-state index in [1.807, 2.05) is 26.0 Å². The number of carbonyl (C=O) groups excluding carboxylic acids is 1. The summed E-state index contributed by atoms with van der Waals surface area (Å²) in [7, 11) is -0.127. The third-order valence-electron chi connectivity index (χ3n) is 4.68. The second kappa shape index (κ2) is 8.93. The van der Waals surface area contributed by atoms with E-state index in [4.69, 9.17) is 9.47 Å². The maximum absolute atomic E-state index is 12.7. The highest BCUT2D eigenvalue weighted by Gasteiger charge is 2.25. The molecule has 152 valence electrons. The van der Waals surface area contributed by atoms with Crippen molar-refractivity contribution in [1.82, 2.24) is 9.21 Å². The van der Waals surface area contributed by atoms with Crippen LogP contribution in [-0.4, -0.2) is 63.6 Å². The molecule has 0 unspecified atom stereocenters. The highest BCUT2D eigenvalue weighted by atomic mass is 32.2. The SMILES string of the molecule is COc1cc2c(cc1OC)CN(C(=O)CCN(CC(C)C)S(C)(=O)=O)CC2. The minimum atomic E-state index is -3.32. The van der Waals surface area contributed by atoms with Gasteiger partial charge in [-0.15, -0.1) is 0 Å². The first-order chi connectivity index (χ1) is 12.7. The number of benzene rings is 1. The van der Waals surface area contributed by atoms with Crippen LogP contribution < -0.4 is 9.47 Å². The highest BCUT2D eigenvalue weighted by Crippen LogP contribution is 2.33. The number of hydrogen-bond acceptors (Lipinski definition) is 5. The van der Waals surface area contributed by atoms with Crippen LogP contribution in [0, 0.1) is 5.92 Å². The summed E-state index contributed by atoms with van der Waals surface area (Å²) in [6, 6.07) is 3.87. The van der Waals surface area contributed by atoms with Gasteiger partial charge < -0.3 is 14.4 Å². The molecule has 0 aromatic heterocycles. The van der Waals surface area contributed by atoms with Crippen molar-refractivity contribution in [3.8, 4) is 11.5 Å². The van der Waals surface area contributed by atoms with Crippen LogP contribution in [0.2, 0.25) is 0 Å². The normalized spacial score (nSPS) is 14.4. The molecule has 27 heavy (non-hydrogen) atoms. The Bertz CT molecular complexity index is 777. The Morgan fingerprint density at radius 2 is 1.78 bits per heavy atom. The van der Waals surface area contributed by atoms with Gasteiger partial charge in [0.1, 0.15) is 0 Å². The Kier molecular flexibility index (Phi) is 7.11. The molecule has 0 saturated carbocycles. The van der Waals surface area contributed by atoms with E-state index >= 15 is 0 Å². The Hall–Kier alpha value is -1.80. The molecule has 0 saturated heterocycles. The van der Waals surface area contributed by atoms with E-state index < -0.39 is 10.0 Å². The Morgan fingerprint density at radius 3 is 2.30 bits per heavy atom. The number of methoxy groups -OCH3 is 2. The molecule has 1 aliphatic rings. The van der Waals surface area contributed by atoms with Crippen LogP contribution in [0.15, 0.2) is 12.1 Å². The molecule has 0 aliphatic carbocycles. The van der Waals surface area contributed by atoms with Gasteiger partial charge in [-0.25, -0.2) is 12.7 Å². The van der Waals surface area contributed by atoms with Gasteiger partial charge in [0, 0.05) is 32.6 Å². The number of rotatable bonds is 8. The first-order valence-electron chi connectivity index (χ1n) is 9.12. The van der Waals surface area contributed by atoms with Gasteiger partial charge in [0.25, 0.3) is 0 Å². The standard InChI is InChI=1S/C19H30N2O5S/c1-14(2)12-21(27(5,23)24)9-7-19(22)20-8-6-15-10-17(25-3)18(26-4)11-16(15)13-20/h10-11,14H,6-9,12-13H2,1-5H3. The number of ether oxygens (including phenoxy) is 2. The van der Waals surface area contributed by atoms with Gasteiger partial charge >= 0.3 is 0 Å². The Labute approximate surface area is 162 Å². The third-order valence-corrected chi connectivity index (χ3v) is 5.95. The van der Waals surface area contributed by atoms with Gasteiger partial charge in [-0.2, -0.15) is 0 Å². The molecule has 0 N–H and O–H groups in total. The minimum Gasteiger partial charge on any atom is -0.493 e. The predicted molar refractivity (Wildman–Crippen MR) is 105 cm³/mol. The van der Waals surface area contributed by atoms with E-state index in [2.05, 4.69) is 0 Å². The van der Waals surface area contributed by atoms with Gasteiger partial charge in [0.2, 0.25) is 15.9 Å². The van der Waals surface area contributed by atoms with E-state index in [9.17, 15) is 13.2 Å². The zero-order chi connectivity index (χ0) is 20.2. The lowest BCUT2D eigenvalue weighted by Gasteiger charge is -2.30. The molecule has 7 nitrogen and oxygen atoms in total. The topological polar surface area (TPSA) is 76.2 Å². The fourth-order valence-corrected chi connectivity index (χ4v) is 4.27. The molecule has 0 radical (unpaired) electrons. The summed E-state index contributed by atoms with van der Waals surface area (Å²) in [5, 5.41) is 0. The Morgan fingerprint density at radius 1 is 1.19 bits per heavy atom. The number of nitrogens with zero attached hydrogens (tertiary/aromatic N) is 2. The summed E-state index contributed by atoms with van der Waals surface area (Å²) < 4.78 is 35.9. The third kappa shape index (κ3) is 5.59. The lowest BCUT2D eigenvalue weighted by molar-refractivity contribution is -0.132. The second-order valence-electron chi connectivity index (χ2n) is 7.31. The van der Waals surface area contributed by atoms with Crippen LogP contribution >= 0.6 is 0 Å². The van der Waals surface area contributed by atoms with Crippen molar-refractivity contribution in [2.24, 2.45) is 5.92 Å². The van der Waals surface area contributed by atoms with Crippen LogP contribution in [-0.2, 0) is 27.8 Å². The minimum absolute atomic E-state index is 0.0344. The summed E-state index contributed by atoms with van der Waals surface area (Å²) in [6.45, 7) is 5.67. The molecule has 1 aromatic rings. The first-order valence-corrected chi connectivity index (χ1v) is 11.0. The first kappa shape index (κ1) is 21.5. The fraction of sp³-hybridized carbons (Fsp3) is 0.632. The van der Waals surface area contributed by atoms with Crippen LogP contribution in [0.25, 0.3) is 0 Å². The smallest absolute Gasteiger partial charge is 0.224 e. The molecule has 2 rings (SSSR count). The molecule has 0 atom stereocenters. The zero-order valence-electron chi connectivity index (χ0n) is 16.8. The van der Waals surface area contributed by atoms with Crippen molar-refractivity contribution >= 4 is 15.9 Å². The largest absolute Gasteiger partial charge is 0.493 e. The number of hydrogen-bond donors (Lipinski definition) is 0. The lowest BCUT2D eigenvalue weighted by Crippen LogP contribution is -2.40. The summed E-state index contributed by atoms with van der Waals surface area (Å²) in [5.41, 5.74) is 2.18. The van der Waals surface area contributed by atoms with Crippen molar-refractivity contribution in [3.63, 3.8) is 0 Å². The summed E-state index contributed by atoms with van der Waals surface area (Å²) in [5.74, 6) is 1.51. The number of fused-ring (bicyclic) bond motifs is 1. The fourth-order valence-electron chi connectivity index (χ4n) is 3.27. The molecule has 8 heteroatoms. The summed E-state index contributed by atoms with van der Waals surface area (Å²) in [6.07, 6.45) is 2.11. The van der Waals surface area contributed by atoms with Gasteiger partial charge in [0.15, 0.2) is 11.5 Å². The quantitative estimate of drug-likeness (QED) is 0.668. The van der Waals surface area contributed by atoms with Crippen LogP contribution in [0.1, 0.15) is 31.4 Å². The van der Waals surface area contributed by atoms with Crippen molar-refractivity contribution < 1.29 is 22.7 Å². The van der Waals surface area contributed by atoms with E-state index in [-0.39, 0.29) is 24.8 Å². The number of sulfonamides is 1. The van der Waals surface area contributed by atoms with E-state index in [1.165, 1.54) is 10.6 Å². The van der Waals surface area contributed by atoms with Crippen molar-refractivity contribution in [1.29, 1.82) is 0 Å². The number of carbonyl (C=O) groups is 1. The predicted octanol–water partition coefficient (Wildman–Crippen LogP) is 1.90. The van der Waals surface area contributed by atoms with E-state index in [0.29, 0.717) is 31.1 Å². The second-order valence-corrected chi connectivity index (χ2v) is 9.29. The molecule has 1 heterocycles. The lowest BCUT2D eigenvalue weighted by atomic mass is 9.98. The number of amides is 1. The molecule has 1 amide bonds. The zero-order valence-corrected chi connectivity index (χ0v) is 17.6. The average Bonchev–Trinajstić information content (AvgIpc) is 2.61. The van der Waals surface area contributed by atoms with Crippen molar-refractivity contribution in [2.45, 2.75) is 33.2 Å². The summed E-state index contributed by atoms with van der Waals surface area (Å²) >= 11 is 0. The van der Waals surface area contributed by atoms with Gasteiger partial charge in [-0.3, -0.25) is 4.79 Å². The maximum Gasteiger partial charge on any atom is 0.224 e. The van der Waals surface area contributed by atoms with Gasteiger partial charge in [0.05, 0.1) is 20.5 Å². The molecular formula is C19H30N2O5S. The van der Waals surface area contributed by atoms with Crippen LogP contribution in [0.4, 0.5) is 0 Å². The van der Waals surface area contributed by atoms with E-state index in [0.717, 1.165) is 17.5 Å². The average molecular weight is 399 g/mol. The molecule has 1 aromatic carbocycles. The van der Waals surface area contributed by atoms with E-state index in [1.54, 1.807) is 19.1 Å². The maximum atomic E-state index is 12.7. The van der Waals surface area contributed by atoms with Gasteiger partial charge in [-0.05, 0) is 35.6 Å². The molecule has 0 bridgehead atoms. The van der Waals surface area contributed by atoms with Crippen LogP contribution in [0.3, 0.4) is 0 Å². The molecule has 0 fully saturated rings. The van der Waals surface area contributed by atoms with Crippen LogP contribution in [0.5, 0.6) is 11.5 Å². The van der Waals surface area contributed by atoms with Gasteiger partial charge in [-0.1, -0.05) is 13.8 Å². The highest BCUT2D eigenvalue weighted by molar-refractivity contribution is 7.88. The van der Waals surface area contributed by atoms with Crippen molar-refractivity contribution in [2.75, 3.05) is 40.1 Å².